The van der Waals surface area contributed by atoms with E-state index in [1.165, 1.54) is 6.26 Å². The lowest BCUT2D eigenvalue weighted by Crippen LogP contribution is -2.60. The Hall–Kier alpha value is -3.23. The van der Waals surface area contributed by atoms with Crippen LogP contribution in [0.4, 0.5) is 0 Å². The molecule has 0 amide bonds. The minimum Gasteiger partial charge on any atom is -0.507 e. The fourth-order valence-corrected chi connectivity index (χ4v) is 6.85. The fourth-order valence-electron chi connectivity index (χ4n) is 6.85. The summed E-state index contributed by atoms with van der Waals surface area (Å²) < 4.78 is 17.2. The summed E-state index contributed by atoms with van der Waals surface area (Å²) in [5, 5.41) is 63.1. The van der Waals surface area contributed by atoms with Crippen LogP contribution < -0.4 is 10.2 Å². The van der Waals surface area contributed by atoms with Crippen molar-refractivity contribution in [2.45, 2.75) is 83.3 Å². The van der Waals surface area contributed by atoms with Gasteiger partial charge in [-0.1, -0.05) is 26.0 Å². The molecule has 0 aliphatic carbocycles. The molecule has 6 N–H and O–H groups in total. The number of likely N-dealkylation sites (tertiary alicyclic amines) is 2. The van der Waals surface area contributed by atoms with E-state index >= 15 is 0 Å². The largest absolute Gasteiger partial charge is 0.507 e. The van der Waals surface area contributed by atoms with Crippen LogP contribution in [-0.4, -0.2) is 104 Å². The summed E-state index contributed by atoms with van der Waals surface area (Å²) in [5.74, 6) is 1.18. The summed E-state index contributed by atoms with van der Waals surface area (Å²) >= 11 is 0. The van der Waals surface area contributed by atoms with Crippen molar-refractivity contribution in [3.8, 4) is 28.4 Å². The molecule has 12 nitrogen and oxygen atoms in total. The van der Waals surface area contributed by atoms with Crippen LogP contribution in [0.2, 0.25) is 0 Å². The first-order valence-electron chi connectivity index (χ1n) is 16.6. The fraction of sp³-hybridized carbons (Fsp3) is 0.571. The second kappa shape index (κ2) is 14.1. The quantitative estimate of drug-likeness (QED) is 0.210. The number of rotatable bonds is 8. The lowest BCUT2D eigenvalue weighted by atomic mass is 9.95. The van der Waals surface area contributed by atoms with Gasteiger partial charge in [-0.3, -0.25) is 14.6 Å². The highest BCUT2D eigenvalue weighted by Gasteiger charge is 2.44. The van der Waals surface area contributed by atoms with Crippen LogP contribution >= 0.6 is 0 Å². The summed E-state index contributed by atoms with van der Waals surface area (Å²) in [5.41, 5.74) is 1.25. The van der Waals surface area contributed by atoms with Crippen LogP contribution in [0.3, 0.4) is 0 Å². The Morgan fingerprint density at radius 1 is 0.809 bits per heavy atom. The van der Waals surface area contributed by atoms with Crippen molar-refractivity contribution in [1.82, 2.24) is 9.80 Å². The molecule has 3 aromatic rings. The molecule has 1 aromatic heterocycles. The molecule has 4 heterocycles. The summed E-state index contributed by atoms with van der Waals surface area (Å²) in [6, 6.07) is 6.31. The third kappa shape index (κ3) is 6.86. The first kappa shape index (κ1) is 33.7. The topological polar surface area (TPSA) is 177 Å². The van der Waals surface area contributed by atoms with Crippen LogP contribution in [0.15, 0.2) is 39.7 Å². The van der Waals surface area contributed by atoms with Gasteiger partial charge >= 0.3 is 0 Å². The zero-order valence-corrected chi connectivity index (χ0v) is 26.9. The predicted molar refractivity (Wildman–Crippen MR) is 173 cm³/mol. The van der Waals surface area contributed by atoms with Gasteiger partial charge in [0, 0.05) is 13.1 Å². The number of nitrogens with zero attached hydrogens (tertiary/aromatic N) is 2. The van der Waals surface area contributed by atoms with Crippen molar-refractivity contribution in [3.05, 3.63) is 51.9 Å². The molecule has 12 heteroatoms. The Bertz CT molecular complexity index is 1590. The van der Waals surface area contributed by atoms with Crippen LogP contribution in [0.1, 0.15) is 50.7 Å². The molecular formula is C35H46N2O10. The van der Waals surface area contributed by atoms with E-state index in [4.69, 9.17) is 13.9 Å². The van der Waals surface area contributed by atoms with E-state index in [9.17, 15) is 35.4 Å². The van der Waals surface area contributed by atoms with Crippen molar-refractivity contribution < 1.29 is 44.5 Å². The third-order valence-electron chi connectivity index (χ3n) is 10.1. The predicted octanol–water partition coefficient (Wildman–Crippen LogP) is 2.51. The standard InChI is InChI=1S/C35H46N2O10/c1-19-7-11-36(12-8-19)15-23-28(39)24(16-37-13-9-20(2)10-14-37)34-27(29(23)40)30(41)25(18-45-34)21-3-5-22(6-4-21)46-35-33(44)32(43)31(42)26(17-38)47-35/h3-6,18-20,26,31-33,35,38-40,42-44H,7-17H2,1-2H3/t26-,31-,32+,33-,35+/m0/s1. The average Bonchev–Trinajstić information content (AvgIpc) is 3.07. The molecule has 0 radical (unpaired) electrons. The van der Waals surface area contributed by atoms with E-state index in [0.29, 0.717) is 41.6 Å². The maximum Gasteiger partial charge on any atom is 0.229 e. The molecule has 0 spiro atoms. The van der Waals surface area contributed by atoms with Crippen molar-refractivity contribution in [1.29, 1.82) is 0 Å². The van der Waals surface area contributed by atoms with Gasteiger partial charge in [0.25, 0.3) is 0 Å². The number of piperidine rings is 2. The zero-order valence-electron chi connectivity index (χ0n) is 26.9. The molecular weight excluding hydrogens is 608 g/mol. The van der Waals surface area contributed by atoms with E-state index in [-0.39, 0.29) is 33.8 Å². The lowest BCUT2D eigenvalue weighted by molar-refractivity contribution is -0.277. The number of benzene rings is 2. The summed E-state index contributed by atoms with van der Waals surface area (Å²) in [7, 11) is 0. The molecule has 0 bridgehead atoms. The van der Waals surface area contributed by atoms with Gasteiger partial charge in [0.15, 0.2) is 0 Å². The van der Waals surface area contributed by atoms with Gasteiger partial charge in [-0.05, 0) is 81.4 Å². The van der Waals surface area contributed by atoms with Crippen LogP contribution in [0.25, 0.3) is 22.1 Å². The maximum absolute atomic E-state index is 14.1. The Morgan fingerprint density at radius 2 is 1.38 bits per heavy atom. The van der Waals surface area contributed by atoms with E-state index < -0.39 is 42.7 Å². The Labute approximate surface area is 273 Å². The Balaban J connectivity index is 1.33. The molecule has 6 rings (SSSR count). The minimum atomic E-state index is -1.58. The Morgan fingerprint density at radius 3 is 1.96 bits per heavy atom. The van der Waals surface area contributed by atoms with Crippen molar-refractivity contribution in [3.63, 3.8) is 0 Å². The average molecular weight is 655 g/mol. The maximum atomic E-state index is 14.1. The van der Waals surface area contributed by atoms with Gasteiger partial charge in [0.05, 0.1) is 23.3 Å². The lowest BCUT2D eigenvalue weighted by Gasteiger charge is -2.39. The molecule has 3 aliphatic rings. The van der Waals surface area contributed by atoms with Gasteiger partial charge in [-0.25, -0.2) is 0 Å². The normalized spacial score (nSPS) is 27.0. The highest BCUT2D eigenvalue weighted by atomic mass is 16.7. The molecule has 256 valence electrons. The summed E-state index contributed by atoms with van der Waals surface area (Å²) in [4.78, 5) is 18.6. The van der Waals surface area contributed by atoms with Gasteiger partial charge in [-0.2, -0.15) is 0 Å². The van der Waals surface area contributed by atoms with Gasteiger partial charge in [0.2, 0.25) is 11.7 Å². The number of aromatic hydroxyl groups is 2. The number of aliphatic hydroxyl groups excluding tert-OH is 4. The molecule has 3 fully saturated rings. The first-order chi connectivity index (χ1) is 22.5. The second-order valence-corrected chi connectivity index (χ2v) is 13.6. The van der Waals surface area contributed by atoms with Gasteiger partial charge < -0.3 is 44.5 Å². The Kier molecular flexibility index (Phi) is 10.1. The molecule has 5 atom stereocenters. The number of ether oxygens (including phenoxy) is 2. The number of hydrogen-bond acceptors (Lipinski definition) is 12. The minimum absolute atomic E-state index is 0.0298. The molecule has 0 unspecified atom stereocenters. The molecule has 0 saturated carbocycles. The van der Waals surface area contributed by atoms with Crippen molar-refractivity contribution >= 4 is 11.0 Å². The number of hydrogen-bond donors (Lipinski definition) is 6. The number of aliphatic hydroxyl groups is 4. The molecule has 2 aromatic carbocycles. The highest BCUT2D eigenvalue weighted by molar-refractivity contribution is 5.92. The summed E-state index contributed by atoms with van der Waals surface area (Å²) in [6.07, 6.45) is -1.64. The first-order valence-corrected chi connectivity index (χ1v) is 16.6. The van der Waals surface area contributed by atoms with E-state index in [2.05, 4.69) is 23.6 Å². The summed E-state index contributed by atoms with van der Waals surface area (Å²) in [6.45, 7) is 7.99. The SMILES string of the molecule is CC1CCN(Cc2c(O)c(CN3CCC(C)CC3)c3occ(-c4ccc(O[C@@H]5O[C@@H](CO)[C@H](O)[C@@H](O)[C@@H]5O)cc4)c(=O)c3c2O)CC1. The van der Waals surface area contributed by atoms with Crippen LogP contribution in [0.5, 0.6) is 17.2 Å². The van der Waals surface area contributed by atoms with Crippen LogP contribution in [-0.2, 0) is 17.8 Å². The van der Waals surface area contributed by atoms with Crippen molar-refractivity contribution in [2.24, 2.45) is 11.8 Å². The van der Waals surface area contributed by atoms with Gasteiger partial charge in [0.1, 0.15) is 58.9 Å². The monoisotopic (exact) mass is 654 g/mol. The molecule has 47 heavy (non-hydrogen) atoms. The zero-order chi connectivity index (χ0) is 33.4. The van der Waals surface area contributed by atoms with E-state index in [1.807, 2.05) is 0 Å². The van der Waals surface area contributed by atoms with E-state index in [1.54, 1.807) is 24.3 Å². The number of phenols is 2. The van der Waals surface area contributed by atoms with Crippen LogP contribution in [0, 0.1) is 11.8 Å². The molecule has 3 aliphatic heterocycles. The third-order valence-corrected chi connectivity index (χ3v) is 10.1. The van der Waals surface area contributed by atoms with E-state index in [0.717, 1.165) is 51.9 Å². The molecule has 3 saturated heterocycles. The smallest absolute Gasteiger partial charge is 0.229 e. The van der Waals surface area contributed by atoms with Crippen molar-refractivity contribution in [2.75, 3.05) is 32.8 Å². The second-order valence-electron chi connectivity index (χ2n) is 13.6. The van der Waals surface area contributed by atoms with Gasteiger partial charge in [-0.15, -0.1) is 0 Å². The highest BCUT2D eigenvalue weighted by Crippen LogP contribution is 2.41. The number of phenolic OH excluding ortho intramolecular Hbond substituents is 2. The number of fused-ring (bicyclic) bond motifs is 1.